The van der Waals surface area contributed by atoms with Gasteiger partial charge in [0, 0.05) is 51.9 Å². The molecule has 4 aromatic heterocycles. The molecule has 9 heteroatoms. The maximum absolute atomic E-state index is 7.58. The number of hydrogen-bond acceptors (Lipinski definition) is 6. The van der Waals surface area contributed by atoms with Crippen LogP contribution in [-0.4, -0.2) is 24.5 Å². The fraction of sp³-hybridized carbons (Fsp3) is 0.0732. The third-order valence-electron chi connectivity index (χ3n) is 7.70. The molecule has 0 aliphatic carbocycles. The Morgan fingerprint density at radius 2 is 1.10 bits per heavy atom. The first-order chi connectivity index (χ1) is 24.9. The van der Waals surface area contributed by atoms with E-state index in [2.05, 4.69) is 44.2 Å². The van der Waals surface area contributed by atoms with Crippen molar-refractivity contribution in [2.75, 3.05) is 0 Å². The van der Waals surface area contributed by atoms with Crippen molar-refractivity contribution in [2.45, 2.75) is 19.7 Å². The number of fused-ring (bicyclic) bond motifs is 3. The monoisotopic (exact) mass is 836 g/mol. The van der Waals surface area contributed by atoms with E-state index in [1.165, 1.54) is 0 Å². The molecule has 0 spiro atoms. The van der Waals surface area contributed by atoms with Crippen LogP contribution in [0.15, 0.2) is 122 Å². The molecule has 0 unspecified atom stereocenters. The van der Waals surface area contributed by atoms with Gasteiger partial charge in [0.15, 0.2) is 0 Å². The fourth-order valence-electron chi connectivity index (χ4n) is 5.48. The zero-order valence-electron chi connectivity index (χ0n) is 29.1. The van der Waals surface area contributed by atoms with Crippen LogP contribution < -0.4 is 9.47 Å². The maximum Gasteiger partial charge on any atom is 2.00 e. The Bertz CT molecular complexity index is 2340. The van der Waals surface area contributed by atoms with Crippen molar-refractivity contribution >= 4 is 21.8 Å². The molecule has 7 nitrogen and oxygen atoms in total. The SMILES string of the molecule is [2H]C([2H])([2H])CCc1cnc(-n2c3[c-]c(Oc4[c-]c(-c5ccccn5)ccc4)ccc3c3ccc(Oc4[c-]c(-c5ccccn5)ccc4)[c-]c32)nc1.[Pd+2].[Pd+2]. The second-order valence-electron chi connectivity index (χ2n) is 10.9. The zero-order valence-corrected chi connectivity index (χ0v) is 29.3. The minimum Gasteiger partial charge on any atom is -0.503 e. The number of hydrogen-bond donors (Lipinski definition) is 0. The molecule has 0 radical (unpaired) electrons. The standard InChI is InChI=1S/C41H27N5O2.2Pd/c1-2-9-28-26-44-41(45-27-28)46-39-24-33(47-31-12-7-10-29(22-31)37-14-3-5-20-42-37)16-18-35(39)36-19-17-34(25-40(36)46)48-32-13-8-11-30(23-32)38-15-4-6-21-43-38;;/h3-8,10-21,26-27H,2,9H2,1H3;;/q-4;2*+2/i1D3;;. The van der Waals surface area contributed by atoms with Gasteiger partial charge in [-0.2, -0.15) is 22.9 Å². The van der Waals surface area contributed by atoms with Crippen LogP contribution in [0.4, 0.5) is 0 Å². The van der Waals surface area contributed by atoms with E-state index in [0.717, 1.165) is 38.9 Å². The number of ether oxygens (including phenoxy) is 2. The van der Waals surface area contributed by atoms with Gasteiger partial charge < -0.3 is 24.0 Å². The van der Waals surface area contributed by atoms with Gasteiger partial charge in [0.2, 0.25) is 5.95 Å². The Morgan fingerprint density at radius 1 is 0.580 bits per heavy atom. The summed E-state index contributed by atoms with van der Waals surface area (Å²) in [5.41, 5.74) is 5.24. The summed E-state index contributed by atoms with van der Waals surface area (Å²) < 4.78 is 37.1. The van der Waals surface area contributed by atoms with E-state index in [1.807, 2.05) is 102 Å². The van der Waals surface area contributed by atoms with Crippen LogP contribution in [-0.2, 0) is 47.3 Å². The summed E-state index contributed by atoms with van der Waals surface area (Å²) in [4.78, 5) is 18.2. The number of nitrogens with zero attached hydrogens (tertiary/aromatic N) is 5. The molecule has 4 aromatic carbocycles. The summed E-state index contributed by atoms with van der Waals surface area (Å²) in [6.07, 6.45) is 7.16. The van der Waals surface area contributed by atoms with E-state index in [1.54, 1.807) is 24.8 Å². The number of aryl methyl sites for hydroxylation is 1. The fourth-order valence-corrected chi connectivity index (χ4v) is 5.48. The molecular formula is C41H27N5O2Pd2. The zero-order chi connectivity index (χ0) is 34.8. The van der Waals surface area contributed by atoms with E-state index in [-0.39, 0.29) is 47.3 Å². The quantitative estimate of drug-likeness (QED) is 0.107. The summed E-state index contributed by atoms with van der Waals surface area (Å²) in [6, 6.07) is 43.8. The topological polar surface area (TPSA) is 75.0 Å². The maximum atomic E-state index is 7.58. The van der Waals surface area contributed by atoms with Crippen molar-refractivity contribution < 1.29 is 54.4 Å². The molecule has 0 N–H and O–H groups in total. The van der Waals surface area contributed by atoms with Gasteiger partial charge >= 0.3 is 40.8 Å². The third kappa shape index (κ3) is 7.28. The van der Waals surface area contributed by atoms with Crippen molar-refractivity contribution in [2.24, 2.45) is 0 Å². The van der Waals surface area contributed by atoms with Crippen LogP contribution in [0.3, 0.4) is 0 Å². The summed E-state index contributed by atoms with van der Waals surface area (Å²) in [5, 5.41) is 1.76. The van der Waals surface area contributed by atoms with Gasteiger partial charge in [-0.1, -0.05) is 60.7 Å². The van der Waals surface area contributed by atoms with Gasteiger partial charge in [-0.25, -0.2) is 9.97 Å². The smallest absolute Gasteiger partial charge is 0.503 e. The van der Waals surface area contributed by atoms with Crippen LogP contribution in [0, 0.1) is 24.3 Å². The van der Waals surface area contributed by atoms with E-state index in [4.69, 9.17) is 13.6 Å². The summed E-state index contributed by atoms with van der Waals surface area (Å²) in [5.74, 6) is 2.32. The predicted molar refractivity (Wildman–Crippen MR) is 185 cm³/mol. The van der Waals surface area contributed by atoms with Crippen LogP contribution in [0.1, 0.15) is 22.9 Å². The van der Waals surface area contributed by atoms with Gasteiger partial charge in [-0.15, -0.1) is 71.8 Å². The normalized spacial score (nSPS) is 11.9. The first kappa shape index (κ1) is 31.0. The van der Waals surface area contributed by atoms with Crippen LogP contribution in [0.2, 0.25) is 0 Å². The molecule has 0 saturated carbocycles. The average Bonchev–Trinajstić information content (AvgIpc) is 3.47. The molecule has 8 rings (SSSR count). The van der Waals surface area contributed by atoms with E-state index < -0.39 is 6.85 Å². The molecule has 0 aliphatic rings. The molecule has 248 valence electrons. The first-order valence-corrected chi connectivity index (χ1v) is 15.3. The first-order valence-electron chi connectivity index (χ1n) is 16.8. The van der Waals surface area contributed by atoms with E-state index in [9.17, 15) is 0 Å². The summed E-state index contributed by atoms with van der Waals surface area (Å²) in [7, 11) is 0. The van der Waals surface area contributed by atoms with Crippen LogP contribution >= 0.6 is 0 Å². The molecule has 8 aromatic rings. The molecule has 0 atom stereocenters. The van der Waals surface area contributed by atoms with Crippen molar-refractivity contribution in [3.63, 3.8) is 0 Å². The van der Waals surface area contributed by atoms with Gasteiger partial charge in [0.05, 0.1) is 0 Å². The number of benzene rings is 4. The van der Waals surface area contributed by atoms with Gasteiger partial charge in [-0.05, 0) is 35.5 Å². The van der Waals surface area contributed by atoms with Crippen molar-refractivity contribution in [3.05, 3.63) is 152 Å². The summed E-state index contributed by atoms with van der Waals surface area (Å²) >= 11 is 0. The second kappa shape index (κ2) is 15.7. The van der Waals surface area contributed by atoms with Gasteiger partial charge in [0.25, 0.3) is 0 Å². The average molecular weight is 838 g/mol. The molecule has 0 fully saturated rings. The Balaban J connectivity index is 0.00000240. The van der Waals surface area contributed by atoms with Gasteiger partial charge in [0.1, 0.15) is 0 Å². The van der Waals surface area contributed by atoms with Crippen LogP contribution in [0.5, 0.6) is 23.0 Å². The third-order valence-corrected chi connectivity index (χ3v) is 7.70. The molecule has 0 amide bonds. The molecule has 50 heavy (non-hydrogen) atoms. The van der Waals surface area contributed by atoms with E-state index >= 15 is 0 Å². The Kier molecular flexibility index (Phi) is 9.72. The molecular weight excluding hydrogens is 807 g/mol. The van der Waals surface area contributed by atoms with Gasteiger partial charge in [-0.3, -0.25) is 0 Å². The second-order valence-corrected chi connectivity index (χ2v) is 10.9. The van der Waals surface area contributed by atoms with Crippen LogP contribution in [0.25, 0.3) is 50.3 Å². The van der Waals surface area contributed by atoms with E-state index in [0.29, 0.717) is 46.4 Å². The predicted octanol–water partition coefficient (Wildman–Crippen LogP) is 9.43. The molecule has 0 aliphatic heterocycles. The van der Waals surface area contributed by atoms with Crippen molar-refractivity contribution in [1.29, 1.82) is 0 Å². The molecule has 0 bridgehead atoms. The minimum atomic E-state index is -2.04. The van der Waals surface area contributed by atoms with Crippen molar-refractivity contribution in [1.82, 2.24) is 24.5 Å². The van der Waals surface area contributed by atoms with Crippen molar-refractivity contribution in [3.8, 4) is 51.5 Å². The Labute approximate surface area is 321 Å². The molecule has 0 saturated heterocycles. The number of pyridine rings is 2. The number of rotatable bonds is 9. The minimum absolute atomic E-state index is 0. The number of aromatic nitrogens is 5. The summed E-state index contributed by atoms with van der Waals surface area (Å²) in [6.45, 7) is -2.04. The molecule has 4 heterocycles. The largest absolute Gasteiger partial charge is 2.00 e. The Morgan fingerprint density at radius 3 is 1.58 bits per heavy atom. The Hall–Kier alpha value is -5.02.